The predicted molar refractivity (Wildman–Crippen MR) is 60.7 cm³/mol. The zero-order valence-corrected chi connectivity index (χ0v) is 9.15. The molecule has 1 rings (SSSR count). The summed E-state index contributed by atoms with van der Waals surface area (Å²) >= 11 is 0. The zero-order chi connectivity index (χ0) is 11.1. The van der Waals surface area contributed by atoms with Gasteiger partial charge < -0.3 is 15.6 Å². The van der Waals surface area contributed by atoms with Gasteiger partial charge >= 0.3 is 0 Å². The maximum atomic E-state index is 8.72. The van der Waals surface area contributed by atoms with E-state index in [9.17, 15) is 0 Å². The van der Waals surface area contributed by atoms with Crippen molar-refractivity contribution in [1.82, 2.24) is 0 Å². The number of aliphatic hydroxyl groups is 1. The molecule has 15 heavy (non-hydrogen) atoms. The van der Waals surface area contributed by atoms with E-state index in [1.165, 1.54) is 5.56 Å². The van der Waals surface area contributed by atoms with Crippen LogP contribution in [0.25, 0.3) is 0 Å². The molecule has 84 valence electrons. The molecule has 1 aromatic carbocycles. The lowest BCUT2D eigenvalue weighted by Gasteiger charge is -2.18. The summed E-state index contributed by atoms with van der Waals surface area (Å²) in [5.74, 6) is 0. The molecule has 0 radical (unpaired) electrons. The fourth-order valence-electron chi connectivity index (χ4n) is 1.65. The molecule has 1 atom stereocenters. The quantitative estimate of drug-likeness (QED) is 0.741. The summed E-state index contributed by atoms with van der Waals surface area (Å²) in [4.78, 5) is 0. The van der Waals surface area contributed by atoms with Gasteiger partial charge in [0.2, 0.25) is 0 Å². The molecule has 1 unspecified atom stereocenters. The molecule has 0 saturated heterocycles. The van der Waals surface area contributed by atoms with Crippen LogP contribution in [-0.4, -0.2) is 24.9 Å². The Morgan fingerprint density at radius 1 is 1.40 bits per heavy atom. The van der Waals surface area contributed by atoms with Crippen LogP contribution < -0.4 is 5.73 Å². The van der Waals surface area contributed by atoms with Crippen LogP contribution in [0.15, 0.2) is 24.3 Å². The van der Waals surface area contributed by atoms with Crippen LogP contribution in [0.4, 0.5) is 0 Å². The number of hydrogen-bond donors (Lipinski definition) is 2. The van der Waals surface area contributed by atoms with Crippen LogP contribution in [0.1, 0.15) is 24.2 Å². The summed E-state index contributed by atoms with van der Waals surface area (Å²) in [6.45, 7) is 2.92. The minimum atomic E-state index is -0.103. The number of aryl methyl sites for hydroxylation is 1. The average molecular weight is 209 g/mol. The van der Waals surface area contributed by atoms with Crippen LogP contribution >= 0.6 is 0 Å². The lowest BCUT2D eigenvalue weighted by Crippen LogP contribution is -2.18. The third kappa shape index (κ3) is 3.30. The Balaban J connectivity index is 2.80. The Bertz CT molecular complexity index is 289. The molecule has 0 aromatic heterocycles. The summed E-state index contributed by atoms with van der Waals surface area (Å²) < 4.78 is 5.49. The van der Waals surface area contributed by atoms with Gasteiger partial charge in [-0.15, -0.1) is 0 Å². The number of ether oxygens (including phenoxy) is 1. The lowest BCUT2D eigenvalue weighted by molar-refractivity contribution is 0.0324. The Kier molecular flexibility index (Phi) is 5.32. The normalized spacial score (nSPS) is 12.7. The van der Waals surface area contributed by atoms with Gasteiger partial charge in [0.1, 0.15) is 0 Å². The van der Waals surface area contributed by atoms with Gasteiger partial charge in [-0.3, -0.25) is 0 Å². The SMILES string of the molecule is CCc1ccccc1C(CN)OCCO. The van der Waals surface area contributed by atoms with Crippen molar-refractivity contribution in [3.63, 3.8) is 0 Å². The van der Waals surface area contributed by atoms with Gasteiger partial charge in [0.15, 0.2) is 0 Å². The highest BCUT2D eigenvalue weighted by atomic mass is 16.5. The second-order valence-electron chi connectivity index (χ2n) is 3.37. The highest BCUT2D eigenvalue weighted by molar-refractivity contribution is 5.29. The van der Waals surface area contributed by atoms with Crippen molar-refractivity contribution in [2.45, 2.75) is 19.4 Å². The van der Waals surface area contributed by atoms with E-state index in [0.29, 0.717) is 13.2 Å². The van der Waals surface area contributed by atoms with Gasteiger partial charge in [-0.2, -0.15) is 0 Å². The van der Waals surface area contributed by atoms with Gasteiger partial charge in [-0.25, -0.2) is 0 Å². The van der Waals surface area contributed by atoms with Crippen molar-refractivity contribution in [2.24, 2.45) is 5.73 Å². The van der Waals surface area contributed by atoms with Gasteiger partial charge in [0.05, 0.1) is 19.3 Å². The number of nitrogens with two attached hydrogens (primary N) is 1. The first-order valence-corrected chi connectivity index (χ1v) is 5.33. The monoisotopic (exact) mass is 209 g/mol. The summed E-state index contributed by atoms with van der Waals surface area (Å²) in [7, 11) is 0. The molecule has 0 aliphatic carbocycles. The van der Waals surface area contributed by atoms with Crippen molar-refractivity contribution in [2.75, 3.05) is 19.8 Å². The van der Waals surface area contributed by atoms with E-state index in [4.69, 9.17) is 15.6 Å². The number of rotatable bonds is 6. The maximum absolute atomic E-state index is 8.72. The van der Waals surface area contributed by atoms with E-state index in [1.54, 1.807) is 0 Å². The minimum Gasteiger partial charge on any atom is -0.394 e. The van der Waals surface area contributed by atoms with E-state index < -0.39 is 0 Å². The highest BCUT2D eigenvalue weighted by Crippen LogP contribution is 2.20. The molecule has 0 heterocycles. The molecule has 0 bridgehead atoms. The van der Waals surface area contributed by atoms with Gasteiger partial charge in [0, 0.05) is 6.54 Å². The van der Waals surface area contributed by atoms with E-state index in [-0.39, 0.29) is 12.7 Å². The van der Waals surface area contributed by atoms with Gasteiger partial charge in [-0.05, 0) is 17.5 Å². The van der Waals surface area contributed by atoms with E-state index in [0.717, 1.165) is 12.0 Å². The fraction of sp³-hybridized carbons (Fsp3) is 0.500. The molecular formula is C12H19NO2. The van der Waals surface area contributed by atoms with E-state index in [2.05, 4.69) is 13.0 Å². The van der Waals surface area contributed by atoms with Crippen molar-refractivity contribution in [1.29, 1.82) is 0 Å². The zero-order valence-electron chi connectivity index (χ0n) is 9.15. The van der Waals surface area contributed by atoms with Crippen LogP contribution in [0.2, 0.25) is 0 Å². The molecule has 3 N–H and O–H groups in total. The standard InChI is InChI=1S/C12H19NO2/c1-2-10-5-3-4-6-11(10)12(9-13)15-8-7-14/h3-6,12,14H,2,7-9,13H2,1H3. The Labute approximate surface area is 90.9 Å². The Morgan fingerprint density at radius 2 is 2.13 bits per heavy atom. The number of benzene rings is 1. The summed E-state index contributed by atoms with van der Waals surface area (Å²) in [5.41, 5.74) is 8.05. The molecule has 1 aromatic rings. The largest absolute Gasteiger partial charge is 0.394 e. The molecule has 3 heteroatoms. The van der Waals surface area contributed by atoms with Gasteiger partial charge in [-0.1, -0.05) is 31.2 Å². The van der Waals surface area contributed by atoms with Gasteiger partial charge in [0.25, 0.3) is 0 Å². The molecule has 3 nitrogen and oxygen atoms in total. The van der Waals surface area contributed by atoms with E-state index in [1.807, 2.05) is 18.2 Å². The molecule has 0 fully saturated rings. The molecule has 0 aliphatic heterocycles. The molecule has 0 aliphatic rings. The van der Waals surface area contributed by atoms with Crippen LogP contribution in [0, 0.1) is 0 Å². The average Bonchev–Trinajstić information content (AvgIpc) is 2.30. The van der Waals surface area contributed by atoms with Crippen LogP contribution in [-0.2, 0) is 11.2 Å². The molecule has 0 amide bonds. The first kappa shape index (κ1) is 12.2. The summed E-state index contributed by atoms with van der Waals surface area (Å²) in [5, 5.41) is 8.72. The van der Waals surface area contributed by atoms with Crippen molar-refractivity contribution in [3.05, 3.63) is 35.4 Å². The Morgan fingerprint density at radius 3 is 2.73 bits per heavy atom. The van der Waals surface area contributed by atoms with Crippen LogP contribution in [0.3, 0.4) is 0 Å². The summed E-state index contributed by atoms with van der Waals surface area (Å²) in [6.07, 6.45) is 0.864. The fourth-order valence-corrected chi connectivity index (χ4v) is 1.65. The second-order valence-corrected chi connectivity index (χ2v) is 3.37. The van der Waals surface area contributed by atoms with Crippen LogP contribution in [0.5, 0.6) is 0 Å². The van der Waals surface area contributed by atoms with Crippen molar-refractivity contribution in [3.8, 4) is 0 Å². The maximum Gasteiger partial charge on any atom is 0.0950 e. The third-order valence-corrected chi connectivity index (χ3v) is 2.41. The molecule has 0 saturated carbocycles. The van der Waals surface area contributed by atoms with Crippen molar-refractivity contribution >= 4 is 0 Å². The predicted octanol–water partition coefficient (Wildman–Crippen LogP) is 1.26. The minimum absolute atomic E-state index is 0.0325. The highest BCUT2D eigenvalue weighted by Gasteiger charge is 2.12. The molecular weight excluding hydrogens is 190 g/mol. The Hall–Kier alpha value is -0.900. The number of aliphatic hydroxyl groups excluding tert-OH is 1. The first-order chi connectivity index (χ1) is 7.33. The smallest absolute Gasteiger partial charge is 0.0950 e. The third-order valence-electron chi connectivity index (χ3n) is 2.41. The topological polar surface area (TPSA) is 55.5 Å². The molecule has 0 spiro atoms. The van der Waals surface area contributed by atoms with E-state index >= 15 is 0 Å². The second kappa shape index (κ2) is 6.56. The lowest BCUT2D eigenvalue weighted by atomic mass is 10.0. The summed E-state index contributed by atoms with van der Waals surface area (Å²) in [6, 6.07) is 8.12. The number of hydrogen-bond acceptors (Lipinski definition) is 3. The first-order valence-electron chi connectivity index (χ1n) is 5.33. The van der Waals surface area contributed by atoms with Crippen molar-refractivity contribution < 1.29 is 9.84 Å².